The van der Waals surface area contributed by atoms with Crippen LogP contribution in [0.5, 0.6) is 0 Å². The van der Waals surface area contributed by atoms with Crippen LogP contribution in [0.4, 0.5) is 11.4 Å². The van der Waals surface area contributed by atoms with E-state index in [2.05, 4.69) is 5.32 Å². The van der Waals surface area contributed by atoms with Gasteiger partial charge in [0.1, 0.15) is 6.54 Å². The zero-order valence-electron chi connectivity index (χ0n) is 17.8. The van der Waals surface area contributed by atoms with E-state index in [4.69, 9.17) is 10.00 Å². The van der Waals surface area contributed by atoms with Crippen LogP contribution in [0, 0.1) is 11.3 Å². The first kappa shape index (κ1) is 22.5. The van der Waals surface area contributed by atoms with E-state index < -0.39 is 17.8 Å². The van der Waals surface area contributed by atoms with Gasteiger partial charge in [-0.25, -0.2) is 0 Å². The summed E-state index contributed by atoms with van der Waals surface area (Å²) in [7, 11) is 1.56. The number of carbonyl (C=O) groups is 4. The maximum Gasteiger partial charge on any atom is 0.307 e. The zero-order chi connectivity index (χ0) is 23.3. The maximum absolute atomic E-state index is 13.1. The molecule has 0 spiro atoms. The minimum absolute atomic E-state index is 0.0302. The number of fused-ring (bicyclic) bond motifs is 1. The molecule has 164 valence electrons. The molecule has 0 saturated carbocycles. The summed E-state index contributed by atoms with van der Waals surface area (Å²) in [6, 6.07) is 12.9. The number of esters is 1. The third kappa shape index (κ3) is 4.92. The third-order valence-corrected chi connectivity index (χ3v) is 4.98. The number of hydrogen-bond acceptors (Lipinski definition) is 6. The summed E-state index contributed by atoms with van der Waals surface area (Å²) >= 11 is 0. The lowest BCUT2D eigenvalue weighted by molar-refractivity contribution is -0.143. The van der Waals surface area contributed by atoms with Crippen molar-refractivity contribution in [2.45, 2.75) is 13.3 Å². The molecule has 0 bridgehead atoms. The van der Waals surface area contributed by atoms with Crippen molar-refractivity contribution < 1.29 is 23.9 Å². The van der Waals surface area contributed by atoms with E-state index in [1.54, 1.807) is 44.3 Å². The van der Waals surface area contributed by atoms with Crippen LogP contribution in [0.15, 0.2) is 42.5 Å². The molecule has 1 aliphatic heterocycles. The van der Waals surface area contributed by atoms with Gasteiger partial charge < -0.3 is 19.9 Å². The van der Waals surface area contributed by atoms with Crippen LogP contribution in [-0.4, -0.2) is 55.3 Å². The highest BCUT2D eigenvalue weighted by Crippen LogP contribution is 2.28. The first-order valence-corrected chi connectivity index (χ1v) is 10.0. The molecule has 9 heteroatoms. The lowest BCUT2D eigenvalue weighted by Gasteiger charge is -2.19. The number of benzene rings is 2. The molecule has 0 radical (unpaired) electrons. The molecule has 1 aliphatic rings. The number of hydrogen-bond donors (Lipinski definition) is 1. The number of likely N-dealkylation sites (N-methyl/N-ethyl adjacent to an activating group) is 1. The maximum atomic E-state index is 13.1. The van der Waals surface area contributed by atoms with Crippen molar-refractivity contribution in [2.75, 3.05) is 37.0 Å². The van der Waals surface area contributed by atoms with E-state index in [-0.39, 0.29) is 37.6 Å². The minimum Gasteiger partial charge on any atom is -0.466 e. The van der Waals surface area contributed by atoms with Crippen LogP contribution in [0.2, 0.25) is 0 Å². The summed E-state index contributed by atoms with van der Waals surface area (Å²) in [5, 5.41) is 11.7. The van der Waals surface area contributed by atoms with E-state index in [9.17, 15) is 19.2 Å². The second kappa shape index (κ2) is 9.75. The first-order valence-electron chi connectivity index (χ1n) is 10.0. The van der Waals surface area contributed by atoms with Crippen molar-refractivity contribution in [3.05, 3.63) is 59.2 Å². The van der Waals surface area contributed by atoms with Crippen LogP contribution >= 0.6 is 0 Å². The molecule has 0 aliphatic carbocycles. The fourth-order valence-electron chi connectivity index (χ4n) is 3.30. The van der Waals surface area contributed by atoms with Gasteiger partial charge in [0.2, 0.25) is 5.91 Å². The smallest absolute Gasteiger partial charge is 0.307 e. The number of carbonyl (C=O) groups excluding carboxylic acids is 4. The predicted molar refractivity (Wildman–Crippen MR) is 116 cm³/mol. The van der Waals surface area contributed by atoms with E-state index in [1.165, 1.54) is 21.9 Å². The Balaban J connectivity index is 1.85. The number of nitriles is 1. The van der Waals surface area contributed by atoms with Crippen LogP contribution in [-0.2, 0) is 14.3 Å². The second-order valence-corrected chi connectivity index (χ2v) is 7.11. The van der Waals surface area contributed by atoms with Crippen LogP contribution < -0.4 is 10.2 Å². The lowest BCUT2D eigenvalue weighted by Crippen LogP contribution is -2.39. The van der Waals surface area contributed by atoms with Crippen molar-refractivity contribution >= 4 is 35.1 Å². The molecule has 0 saturated heterocycles. The normalized spacial score (nSPS) is 13.2. The van der Waals surface area contributed by atoms with Crippen LogP contribution in [0.25, 0.3) is 0 Å². The monoisotopic (exact) mass is 434 g/mol. The Morgan fingerprint density at radius 1 is 1.19 bits per heavy atom. The molecule has 9 nitrogen and oxygen atoms in total. The Labute approximate surface area is 185 Å². The van der Waals surface area contributed by atoms with Crippen molar-refractivity contribution in [3.63, 3.8) is 0 Å². The Hall–Kier alpha value is -4.19. The summed E-state index contributed by atoms with van der Waals surface area (Å²) in [5.74, 6) is -1.62. The van der Waals surface area contributed by atoms with Crippen molar-refractivity contribution in [3.8, 4) is 6.07 Å². The van der Waals surface area contributed by atoms with E-state index in [0.717, 1.165) is 0 Å². The van der Waals surface area contributed by atoms with Gasteiger partial charge in [-0.2, -0.15) is 5.26 Å². The van der Waals surface area contributed by atoms with Gasteiger partial charge in [0, 0.05) is 24.8 Å². The van der Waals surface area contributed by atoms with Gasteiger partial charge in [-0.1, -0.05) is 6.07 Å². The fourth-order valence-corrected chi connectivity index (χ4v) is 3.30. The number of amides is 3. The topological polar surface area (TPSA) is 120 Å². The summed E-state index contributed by atoms with van der Waals surface area (Å²) in [6.45, 7) is 1.79. The SMILES string of the molecule is CCOC(=O)CCN1CC(=O)N(C)c2ccc(NC(=O)c3cccc(C#N)c3)cc2C1=O. The molecule has 0 unspecified atom stereocenters. The molecule has 0 aromatic heterocycles. The highest BCUT2D eigenvalue weighted by Gasteiger charge is 2.30. The molecule has 32 heavy (non-hydrogen) atoms. The lowest BCUT2D eigenvalue weighted by atomic mass is 10.1. The number of ether oxygens (including phenoxy) is 1. The molecule has 2 aromatic carbocycles. The van der Waals surface area contributed by atoms with Crippen LogP contribution in [0.3, 0.4) is 0 Å². The van der Waals surface area contributed by atoms with Crippen molar-refractivity contribution in [1.82, 2.24) is 4.90 Å². The third-order valence-electron chi connectivity index (χ3n) is 4.98. The first-order chi connectivity index (χ1) is 15.3. The highest BCUT2D eigenvalue weighted by molar-refractivity contribution is 6.11. The summed E-state index contributed by atoms with van der Waals surface area (Å²) < 4.78 is 4.90. The molecule has 3 rings (SSSR count). The van der Waals surface area contributed by atoms with Gasteiger partial charge in [0.05, 0.1) is 35.9 Å². The van der Waals surface area contributed by atoms with Gasteiger partial charge in [0.15, 0.2) is 0 Å². The molecule has 1 N–H and O–H groups in total. The Morgan fingerprint density at radius 3 is 2.69 bits per heavy atom. The quantitative estimate of drug-likeness (QED) is 0.696. The Kier molecular flexibility index (Phi) is 6.85. The summed E-state index contributed by atoms with van der Waals surface area (Å²) in [5.41, 5.74) is 1.65. The molecule has 1 heterocycles. The predicted octanol–water partition coefficient (Wildman–Crippen LogP) is 2.18. The summed E-state index contributed by atoms with van der Waals surface area (Å²) in [6.07, 6.45) is -0.0302. The molecular weight excluding hydrogens is 412 g/mol. The zero-order valence-corrected chi connectivity index (χ0v) is 17.8. The molecule has 0 atom stereocenters. The molecule has 3 amide bonds. The molecule has 0 fully saturated rings. The van der Waals surface area contributed by atoms with E-state index >= 15 is 0 Å². The van der Waals surface area contributed by atoms with Gasteiger partial charge in [0.25, 0.3) is 11.8 Å². The Bertz CT molecular complexity index is 1120. The average molecular weight is 434 g/mol. The van der Waals surface area contributed by atoms with Crippen LogP contribution in [0.1, 0.15) is 39.6 Å². The number of nitrogens with zero attached hydrogens (tertiary/aromatic N) is 3. The minimum atomic E-state index is -0.453. The summed E-state index contributed by atoms with van der Waals surface area (Å²) in [4.78, 5) is 52.6. The Morgan fingerprint density at radius 2 is 1.97 bits per heavy atom. The second-order valence-electron chi connectivity index (χ2n) is 7.11. The standard InChI is InChI=1S/C23H22N4O5/c1-3-32-21(29)9-10-27-14-20(28)26(2)19-8-7-17(12-18(19)23(27)31)25-22(30)16-6-4-5-15(11-16)13-24/h4-8,11-12H,3,9-10,14H2,1-2H3,(H,25,30). The number of anilines is 2. The molecule has 2 aromatic rings. The highest BCUT2D eigenvalue weighted by atomic mass is 16.5. The van der Waals surface area contributed by atoms with Gasteiger partial charge in [-0.15, -0.1) is 0 Å². The fraction of sp³-hybridized carbons (Fsp3) is 0.261. The average Bonchev–Trinajstić information content (AvgIpc) is 2.88. The van der Waals surface area contributed by atoms with Crippen molar-refractivity contribution in [2.24, 2.45) is 0 Å². The van der Waals surface area contributed by atoms with E-state index in [0.29, 0.717) is 22.5 Å². The largest absolute Gasteiger partial charge is 0.466 e. The van der Waals surface area contributed by atoms with Crippen molar-refractivity contribution in [1.29, 1.82) is 5.26 Å². The molecular formula is C23H22N4O5. The van der Waals surface area contributed by atoms with E-state index in [1.807, 2.05) is 6.07 Å². The van der Waals surface area contributed by atoms with Gasteiger partial charge in [-0.05, 0) is 43.3 Å². The van der Waals surface area contributed by atoms with Gasteiger partial charge in [-0.3, -0.25) is 19.2 Å². The number of rotatable bonds is 6. The van der Waals surface area contributed by atoms with Gasteiger partial charge >= 0.3 is 5.97 Å². The number of nitrogens with one attached hydrogen (secondary N) is 1.